The minimum absolute atomic E-state index is 0.000772. The number of hydrogen-bond acceptors (Lipinski definition) is 5. The van der Waals surface area contributed by atoms with E-state index in [0.29, 0.717) is 50.2 Å². The van der Waals surface area contributed by atoms with Crippen molar-refractivity contribution in [3.8, 4) is 0 Å². The van der Waals surface area contributed by atoms with Gasteiger partial charge in [-0.2, -0.15) is 0 Å². The number of aromatic amines is 1. The molecule has 1 amide bonds. The molecule has 1 fully saturated rings. The smallest absolute Gasteiger partial charge is 0.277 e. The van der Waals surface area contributed by atoms with E-state index in [2.05, 4.69) is 10.1 Å². The van der Waals surface area contributed by atoms with Crippen molar-refractivity contribution >= 4 is 21.6 Å². The molecule has 2 aliphatic heterocycles. The van der Waals surface area contributed by atoms with Crippen molar-refractivity contribution in [1.82, 2.24) is 23.8 Å². The molecule has 0 saturated carbocycles. The Kier molecular flexibility index (Phi) is 5.71. The summed E-state index contributed by atoms with van der Waals surface area (Å²) < 4.78 is 27.5. The summed E-state index contributed by atoms with van der Waals surface area (Å²) in [6, 6.07) is 1.86. The van der Waals surface area contributed by atoms with Gasteiger partial charge in [-0.1, -0.05) is 6.92 Å². The van der Waals surface area contributed by atoms with Crippen molar-refractivity contribution in [1.29, 1.82) is 0 Å². The molecule has 0 spiro atoms. The lowest BCUT2D eigenvalue weighted by atomic mass is 9.96. The summed E-state index contributed by atoms with van der Waals surface area (Å²) in [5.41, 5.74) is 2.53. The van der Waals surface area contributed by atoms with Crippen molar-refractivity contribution in [3.63, 3.8) is 0 Å². The number of hydrogen-bond donors (Lipinski definition) is 1. The van der Waals surface area contributed by atoms with Crippen LogP contribution in [-0.4, -0.2) is 63.5 Å². The number of amides is 1. The van der Waals surface area contributed by atoms with Crippen LogP contribution in [0.5, 0.6) is 0 Å². The van der Waals surface area contributed by atoms with Crippen LogP contribution in [0.1, 0.15) is 62.4 Å². The first-order chi connectivity index (χ1) is 14.3. The third-order valence-corrected chi connectivity index (χ3v) is 8.03. The van der Waals surface area contributed by atoms with E-state index in [1.165, 1.54) is 4.52 Å². The number of carbonyl (C=O) groups excluding carboxylic acids is 1. The Bertz CT molecular complexity index is 1120. The first-order valence-corrected chi connectivity index (χ1v) is 12.3. The van der Waals surface area contributed by atoms with Crippen molar-refractivity contribution in [2.75, 3.05) is 25.4 Å². The second-order valence-electron chi connectivity index (χ2n) is 8.16. The molecule has 164 valence electrons. The van der Waals surface area contributed by atoms with Gasteiger partial charge in [0.15, 0.2) is 5.65 Å². The molecule has 1 atom stereocenters. The van der Waals surface area contributed by atoms with Crippen LogP contribution in [0.2, 0.25) is 0 Å². The minimum atomic E-state index is -3.23. The van der Waals surface area contributed by atoms with Crippen molar-refractivity contribution < 1.29 is 13.2 Å². The summed E-state index contributed by atoms with van der Waals surface area (Å²) in [7, 11) is -3.23. The van der Waals surface area contributed by atoms with Crippen LogP contribution in [0.15, 0.2) is 10.9 Å². The van der Waals surface area contributed by atoms with Gasteiger partial charge in [-0.3, -0.25) is 14.7 Å². The highest BCUT2D eigenvalue weighted by Gasteiger charge is 2.30. The van der Waals surface area contributed by atoms with Crippen LogP contribution in [-0.2, 0) is 27.8 Å². The Morgan fingerprint density at radius 2 is 2.10 bits per heavy atom. The molecular weight excluding hydrogens is 406 g/mol. The van der Waals surface area contributed by atoms with Crippen LogP contribution < -0.4 is 5.56 Å². The highest BCUT2D eigenvalue weighted by atomic mass is 32.2. The highest BCUT2D eigenvalue weighted by Crippen LogP contribution is 2.28. The zero-order valence-corrected chi connectivity index (χ0v) is 18.4. The molecular formula is C20H29N5O4S. The Morgan fingerprint density at radius 1 is 1.30 bits per heavy atom. The van der Waals surface area contributed by atoms with E-state index in [4.69, 9.17) is 0 Å². The van der Waals surface area contributed by atoms with Gasteiger partial charge in [-0.05, 0) is 26.2 Å². The third kappa shape index (κ3) is 3.78. The Labute approximate surface area is 176 Å². The maximum Gasteiger partial charge on any atom is 0.277 e. The second-order valence-corrected chi connectivity index (χ2v) is 10.4. The fraction of sp³-hybridized carbons (Fsp3) is 0.650. The Hall–Kier alpha value is -2.20. The molecule has 4 heterocycles. The number of sulfonamides is 1. The van der Waals surface area contributed by atoms with E-state index in [-0.39, 0.29) is 23.1 Å². The van der Waals surface area contributed by atoms with E-state index in [1.807, 2.05) is 13.0 Å². The topological polar surface area (TPSA) is 108 Å². The lowest BCUT2D eigenvalue weighted by Crippen LogP contribution is -2.40. The summed E-state index contributed by atoms with van der Waals surface area (Å²) in [5.74, 6) is 0.160. The average molecular weight is 436 g/mol. The van der Waals surface area contributed by atoms with Gasteiger partial charge in [0.1, 0.15) is 0 Å². The molecule has 10 heteroatoms. The number of rotatable bonds is 5. The largest absolute Gasteiger partial charge is 0.338 e. The lowest BCUT2D eigenvalue weighted by Gasteiger charge is -2.31. The number of nitrogens with zero attached hydrogens (tertiary/aromatic N) is 4. The summed E-state index contributed by atoms with van der Waals surface area (Å²) in [4.78, 5) is 31.8. The minimum Gasteiger partial charge on any atom is -0.338 e. The van der Waals surface area contributed by atoms with E-state index in [9.17, 15) is 18.0 Å². The van der Waals surface area contributed by atoms with Crippen LogP contribution in [0.25, 0.3) is 5.65 Å². The Balaban J connectivity index is 1.64. The molecule has 9 nitrogen and oxygen atoms in total. The Morgan fingerprint density at radius 3 is 2.83 bits per heavy atom. The van der Waals surface area contributed by atoms with Gasteiger partial charge < -0.3 is 4.90 Å². The highest BCUT2D eigenvalue weighted by molar-refractivity contribution is 7.89. The fourth-order valence-corrected chi connectivity index (χ4v) is 5.60. The van der Waals surface area contributed by atoms with Crippen molar-refractivity contribution in [2.24, 2.45) is 0 Å². The summed E-state index contributed by atoms with van der Waals surface area (Å²) in [6.07, 6.45) is 3.48. The molecule has 0 bridgehead atoms. The summed E-state index contributed by atoms with van der Waals surface area (Å²) in [5, 5.41) is 3.16. The van der Waals surface area contributed by atoms with Gasteiger partial charge in [0.2, 0.25) is 15.9 Å². The molecule has 0 unspecified atom stereocenters. The average Bonchev–Trinajstić information content (AvgIpc) is 3.18. The van der Waals surface area contributed by atoms with Crippen molar-refractivity contribution in [2.45, 2.75) is 58.4 Å². The predicted molar refractivity (Wildman–Crippen MR) is 113 cm³/mol. The van der Waals surface area contributed by atoms with Crippen LogP contribution in [0.4, 0.5) is 0 Å². The number of carbonyl (C=O) groups is 1. The fourth-order valence-electron chi connectivity index (χ4n) is 4.43. The van der Waals surface area contributed by atoms with Crippen LogP contribution >= 0.6 is 0 Å². The van der Waals surface area contributed by atoms with E-state index in [1.54, 1.807) is 16.1 Å². The molecule has 0 radical (unpaired) electrons. The van der Waals surface area contributed by atoms with Crippen molar-refractivity contribution in [3.05, 3.63) is 33.4 Å². The van der Waals surface area contributed by atoms with Gasteiger partial charge >= 0.3 is 0 Å². The monoisotopic (exact) mass is 435 g/mol. The van der Waals surface area contributed by atoms with E-state index < -0.39 is 10.0 Å². The van der Waals surface area contributed by atoms with Gasteiger partial charge in [0.25, 0.3) is 5.56 Å². The first kappa shape index (κ1) is 21.0. The SMILES string of the molecule is CCCC(=O)N1CCc2nc3cc([C@H]4CCCN(S(=O)(=O)CC)C4)[nH]n3c(=O)c2C1. The van der Waals surface area contributed by atoms with Crippen LogP contribution in [0, 0.1) is 0 Å². The zero-order valence-electron chi connectivity index (χ0n) is 17.6. The summed E-state index contributed by atoms with van der Waals surface area (Å²) >= 11 is 0. The number of fused-ring (bicyclic) bond motifs is 2. The molecule has 2 aliphatic rings. The maximum absolute atomic E-state index is 13.1. The van der Waals surface area contributed by atoms with Crippen LogP contribution in [0.3, 0.4) is 0 Å². The van der Waals surface area contributed by atoms with Gasteiger partial charge in [-0.25, -0.2) is 22.2 Å². The molecule has 1 N–H and O–H groups in total. The number of H-pyrrole nitrogens is 1. The quantitative estimate of drug-likeness (QED) is 0.760. The second kappa shape index (κ2) is 8.14. The third-order valence-electron chi connectivity index (χ3n) is 6.18. The number of nitrogens with one attached hydrogen (secondary N) is 1. The van der Waals surface area contributed by atoms with Gasteiger partial charge in [-0.15, -0.1) is 0 Å². The zero-order chi connectivity index (χ0) is 21.5. The number of aromatic nitrogens is 3. The van der Waals surface area contributed by atoms with Gasteiger partial charge in [0, 0.05) is 50.2 Å². The first-order valence-electron chi connectivity index (χ1n) is 10.7. The molecule has 1 saturated heterocycles. The standard InChI is InChI=1S/C20H29N5O4S/c1-3-6-19(26)23-10-8-16-15(13-23)20(27)25-18(21-16)11-17(22-25)14-7-5-9-24(12-14)30(28,29)4-2/h11,14,22H,3-10,12-13H2,1-2H3/t14-/m0/s1. The van der Waals surface area contributed by atoms with E-state index in [0.717, 1.165) is 30.7 Å². The molecule has 30 heavy (non-hydrogen) atoms. The molecule has 2 aromatic rings. The predicted octanol–water partition coefficient (Wildman–Crippen LogP) is 1.24. The number of piperidine rings is 1. The molecule has 0 aliphatic carbocycles. The molecule has 0 aromatic carbocycles. The van der Waals surface area contributed by atoms with Gasteiger partial charge in [0.05, 0.1) is 23.6 Å². The van der Waals surface area contributed by atoms with E-state index >= 15 is 0 Å². The molecule has 4 rings (SSSR count). The molecule has 2 aromatic heterocycles. The normalized spacial score (nSPS) is 20.5. The summed E-state index contributed by atoms with van der Waals surface area (Å²) in [6.45, 7) is 5.46. The maximum atomic E-state index is 13.1. The lowest BCUT2D eigenvalue weighted by molar-refractivity contribution is -0.132.